The van der Waals surface area contributed by atoms with Gasteiger partial charge in [-0.2, -0.15) is 0 Å². The predicted octanol–water partition coefficient (Wildman–Crippen LogP) is 7.80. The molecule has 1 aliphatic heterocycles. The van der Waals surface area contributed by atoms with E-state index < -0.39 is 0 Å². The molecular formula is C29H22BrNO2. The number of carbonyl (C=O) groups is 1. The quantitative estimate of drug-likeness (QED) is 0.270. The maximum atomic E-state index is 13.6. The van der Waals surface area contributed by atoms with Crippen molar-refractivity contribution in [3.05, 3.63) is 124 Å². The maximum absolute atomic E-state index is 13.6. The summed E-state index contributed by atoms with van der Waals surface area (Å²) in [4.78, 5) is 15.4. The Bertz CT molecular complexity index is 1400. The smallest absolute Gasteiger partial charge is 0.263 e. The van der Waals surface area contributed by atoms with Crippen LogP contribution in [0.3, 0.4) is 0 Å². The van der Waals surface area contributed by atoms with E-state index in [1.165, 1.54) is 0 Å². The summed E-state index contributed by atoms with van der Waals surface area (Å²) in [5, 5.41) is 0. The summed E-state index contributed by atoms with van der Waals surface area (Å²) in [6.07, 6.45) is 3.76. The Hall–Kier alpha value is -3.63. The van der Waals surface area contributed by atoms with Gasteiger partial charge in [0, 0.05) is 15.6 Å². The molecule has 0 atom stereocenters. The largest absolute Gasteiger partial charge is 0.457 e. The molecule has 0 fully saturated rings. The van der Waals surface area contributed by atoms with E-state index in [1.807, 2.05) is 97.6 Å². The third-order valence-corrected chi connectivity index (χ3v) is 6.24. The minimum absolute atomic E-state index is 0.0656. The highest BCUT2D eigenvalue weighted by atomic mass is 79.9. The molecule has 0 unspecified atom stereocenters. The lowest BCUT2D eigenvalue weighted by atomic mass is 10.1. The molecule has 0 saturated heterocycles. The van der Waals surface area contributed by atoms with Crippen LogP contribution in [0, 0.1) is 13.8 Å². The molecule has 4 aromatic rings. The SMILES string of the molecule is Cc1ccc(C)c(N2C(=O)C(=Cc3ccc(-c4ccc(Br)cc4)o3)C=C2c2ccccc2)c1. The molecule has 0 saturated carbocycles. The van der Waals surface area contributed by atoms with E-state index >= 15 is 0 Å². The first-order valence-corrected chi connectivity index (χ1v) is 11.6. The summed E-state index contributed by atoms with van der Waals surface area (Å²) < 4.78 is 7.07. The van der Waals surface area contributed by atoms with Gasteiger partial charge in [-0.15, -0.1) is 0 Å². The van der Waals surface area contributed by atoms with E-state index in [4.69, 9.17) is 4.42 Å². The van der Waals surface area contributed by atoms with Crippen molar-refractivity contribution < 1.29 is 9.21 Å². The molecule has 5 rings (SSSR count). The summed E-state index contributed by atoms with van der Waals surface area (Å²) in [6.45, 7) is 4.07. The standard InChI is InChI=1S/C29H22BrNO2/c1-19-8-9-20(2)26(16-19)31-27(21-6-4-3-5-7-21)18-23(29(31)32)17-25-14-15-28(33-25)22-10-12-24(30)13-11-22/h3-18H,1-2H3. The average molecular weight is 496 g/mol. The monoisotopic (exact) mass is 495 g/mol. The van der Waals surface area contributed by atoms with Crippen molar-refractivity contribution in [2.75, 3.05) is 4.90 Å². The molecular weight excluding hydrogens is 474 g/mol. The van der Waals surface area contributed by atoms with E-state index in [9.17, 15) is 4.79 Å². The number of hydrogen-bond donors (Lipinski definition) is 0. The van der Waals surface area contributed by atoms with Gasteiger partial charge in [0.25, 0.3) is 5.91 Å². The number of nitrogens with zero attached hydrogens (tertiary/aromatic N) is 1. The summed E-state index contributed by atoms with van der Waals surface area (Å²) in [6, 6.07) is 28.0. The van der Waals surface area contributed by atoms with Gasteiger partial charge in [-0.3, -0.25) is 9.69 Å². The summed E-state index contributed by atoms with van der Waals surface area (Å²) in [7, 11) is 0. The van der Waals surface area contributed by atoms with Crippen LogP contribution < -0.4 is 4.90 Å². The third kappa shape index (κ3) is 4.22. The van der Waals surface area contributed by atoms with Gasteiger partial charge in [0.2, 0.25) is 0 Å². The Morgan fingerprint density at radius 3 is 2.36 bits per heavy atom. The highest BCUT2D eigenvalue weighted by Gasteiger charge is 2.31. The van der Waals surface area contributed by atoms with Crippen LogP contribution >= 0.6 is 15.9 Å². The van der Waals surface area contributed by atoms with Crippen LogP contribution in [0.1, 0.15) is 22.5 Å². The molecule has 0 spiro atoms. The van der Waals surface area contributed by atoms with Crippen molar-refractivity contribution in [3.63, 3.8) is 0 Å². The van der Waals surface area contributed by atoms with Crippen LogP contribution in [0.2, 0.25) is 0 Å². The number of halogens is 1. The van der Waals surface area contributed by atoms with Gasteiger partial charge in [-0.05, 0) is 73.0 Å². The van der Waals surface area contributed by atoms with E-state index in [-0.39, 0.29) is 5.91 Å². The van der Waals surface area contributed by atoms with Crippen LogP contribution in [-0.2, 0) is 4.79 Å². The van der Waals surface area contributed by atoms with Crippen molar-refractivity contribution in [2.24, 2.45) is 0 Å². The number of furan rings is 1. The van der Waals surface area contributed by atoms with Gasteiger partial charge in [0.15, 0.2) is 0 Å². The number of rotatable bonds is 4. The number of hydrogen-bond acceptors (Lipinski definition) is 2. The molecule has 0 N–H and O–H groups in total. The van der Waals surface area contributed by atoms with Gasteiger partial charge < -0.3 is 4.42 Å². The van der Waals surface area contributed by atoms with Crippen molar-refractivity contribution in [1.82, 2.24) is 0 Å². The van der Waals surface area contributed by atoms with Gasteiger partial charge in [0.1, 0.15) is 11.5 Å². The lowest BCUT2D eigenvalue weighted by Crippen LogP contribution is -2.25. The minimum atomic E-state index is -0.0656. The Kier molecular flexibility index (Phi) is 5.61. The maximum Gasteiger partial charge on any atom is 0.263 e. The van der Waals surface area contributed by atoms with E-state index in [0.717, 1.165) is 43.9 Å². The molecule has 1 amide bonds. The van der Waals surface area contributed by atoms with Gasteiger partial charge in [-0.25, -0.2) is 0 Å². The average Bonchev–Trinajstić information content (AvgIpc) is 3.42. The second-order valence-electron chi connectivity index (χ2n) is 8.13. The predicted molar refractivity (Wildman–Crippen MR) is 138 cm³/mol. The summed E-state index contributed by atoms with van der Waals surface area (Å²) >= 11 is 3.46. The number of anilines is 1. The fraction of sp³-hybridized carbons (Fsp3) is 0.0690. The lowest BCUT2D eigenvalue weighted by Gasteiger charge is -2.23. The molecule has 4 heteroatoms. The van der Waals surface area contributed by atoms with E-state index in [2.05, 4.69) is 34.1 Å². The second kappa shape index (κ2) is 8.72. The Labute approximate surface area is 201 Å². The van der Waals surface area contributed by atoms with Gasteiger partial charge in [-0.1, -0.05) is 70.5 Å². The second-order valence-corrected chi connectivity index (χ2v) is 9.05. The van der Waals surface area contributed by atoms with Crippen LogP contribution in [-0.4, -0.2) is 5.91 Å². The highest BCUT2D eigenvalue weighted by molar-refractivity contribution is 9.10. The van der Waals surface area contributed by atoms with Crippen LogP contribution in [0.5, 0.6) is 0 Å². The van der Waals surface area contributed by atoms with Crippen LogP contribution in [0.4, 0.5) is 5.69 Å². The number of aryl methyl sites for hydroxylation is 2. The van der Waals surface area contributed by atoms with E-state index in [1.54, 1.807) is 0 Å². The molecule has 162 valence electrons. The zero-order chi connectivity index (χ0) is 22.9. The third-order valence-electron chi connectivity index (χ3n) is 5.71. The minimum Gasteiger partial charge on any atom is -0.457 e. The highest BCUT2D eigenvalue weighted by Crippen LogP contribution is 2.37. The Morgan fingerprint density at radius 2 is 1.61 bits per heavy atom. The first-order chi connectivity index (χ1) is 16.0. The van der Waals surface area contributed by atoms with Crippen molar-refractivity contribution in [3.8, 4) is 11.3 Å². The first-order valence-electron chi connectivity index (χ1n) is 10.8. The molecule has 33 heavy (non-hydrogen) atoms. The Morgan fingerprint density at radius 1 is 0.848 bits per heavy atom. The molecule has 3 nitrogen and oxygen atoms in total. The summed E-state index contributed by atoms with van der Waals surface area (Å²) in [5.74, 6) is 1.34. The Balaban J connectivity index is 1.56. The topological polar surface area (TPSA) is 33.5 Å². The first kappa shape index (κ1) is 21.2. The zero-order valence-electron chi connectivity index (χ0n) is 18.4. The summed E-state index contributed by atoms with van der Waals surface area (Å²) in [5.41, 5.74) is 6.48. The molecule has 0 aliphatic carbocycles. The number of carbonyl (C=O) groups excluding carboxylic acids is 1. The van der Waals surface area contributed by atoms with Gasteiger partial charge >= 0.3 is 0 Å². The molecule has 1 aromatic heterocycles. The van der Waals surface area contributed by atoms with E-state index in [0.29, 0.717) is 11.3 Å². The van der Waals surface area contributed by atoms with Crippen molar-refractivity contribution >= 4 is 39.3 Å². The molecule has 0 bridgehead atoms. The van der Waals surface area contributed by atoms with Gasteiger partial charge in [0.05, 0.1) is 11.4 Å². The zero-order valence-corrected chi connectivity index (χ0v) is 20.0. The van der Waals surface area contributed by atoms with Crippen molar-refractivity contribution in [1.29, 1.82) is 0 Å². The van der Waals surface area contributed by atoms with Crippen LogP contribution in [0.25, 0.3) is 23.1 Å². The fourth-order valence-electron chi connectivity index (χ4n) is 3.99. The molecule has 3 aromatic carbocycles. The number of benzene rings is 3. The molecule has 2 heterocycles. The number of amides is 1. The normalized spacial score (nSPS) is 14.8. The van der Waals surface area contributed by atoms with Crippen LogP contribution in [0.15, 0.2) is 105 Å². The fourth-order valence-corrected chi connectivity index (χ4v) is 4.25. The van der Waals surface area contributed by atoms with Crippen molar-refractivity contribution in [2.45, 2.75) is 13.8 Å². The molecule has 0 radical (unpaired) electrons. The molecule has 1 aliphatic rings. The lowest BCUT2D eigenvalue weighted by molar-refractivity contribution is -0.113.